The minimum Gasteiger partial charge on any atom is -0.490 e. The van der Waals surface area contributed by atoms with Gasteiger partial charge in [-0.2, -0.15) is 0 Å². The van der Waals surface area contributed by atoms with Crippen LogP contribution in [0.2, 0.25) is 0 Å². The molecule has 3 aromatic carbocycles. The summed E-state index contributed by atoms with van der Waals surface area (Å²) < 4.78 is 36.6. The summed E-state index contributed by atoms with van der Waals surface area (Å²) in [7, 11) is 0. The fraction of sp³-hybridized carbons (Fsp3) is 0.167. The van der Waals surface area contributed by atoms with Gasteiger partial charge in [0.05, 0.1) is 17.1 Å². The second kappa shape index (κ2) is 13.0. The molecule has 1 aliphatic heterocycles. The zero-order chi connectivity index (χ0) is 32.3. The zero-order valence-corrected chi connectivity index (χ0v) is 25.5. The molecular formula is C36H31F2N7O2. The van der Waals surface area contributed by atoms with Gasteiger partial charge in [-0.1, -0.05) is 24.3 Å². The van der Waals surface area contributed by atoms with E-state index in [1.807, 2.05) is 60.0 Å². The van der Waals surface area contributed by atoms with E-state index in [2.05, 4.69) is 20.9 Å². The normalized spacial score (nSPS) is 13.4. The molecule has 0 radical (unpaired) electrons. The highest BCUT2D eigenvalue weighted by molar-refractivity contribution is 6.05. The van der Waals surface area contributed by atoms with Gasteiger partial charge >= 0.3 is 0 Å². The van der Waals surface area contributed by atoms with Crippen LogP contribution in [0.25, 0.3) is 28.3 Å². The van der Waals surface area contributed by atoms with E-state index in [9.17, 15) is 13.6 Å². The van der Waals surface area contributed by atoms with Crippen molar-refractivity contribution in [1.29, 1.82) is 0 Å². The Morgan fingerprint density at radius 1 is 0.936 bits per heavy atom. The van der Waals surface area contributed by atoms with E-state index in [0.717, 1.165) is 55.1 Å². The van der Waals surface area contributed by atoms with Crippen LogP contribution in [0.1, 0.15) is 28.8 Å². The monoisotopic (exact) mass is 631 g/mol. The topological polar surface area (TPSA) is 105 Å². The minimum absolute atomic E-state index is 0.207. The van der Waals surface area contributed by atoms with Crippen molar-refractivity contribution in [2.45, 2.75) is 25.9 Å². The van der Waals surface area contributed by atoms with Crippen molar-refractivity contribution in [1.82, 2.24) is 24.7 Å². The molecule has 11 heteroatoms. The van der Waals surface area contributed by atoms with Crippen molar-refractivity contribution < 1.29 is 18.3 Å². The van der Waals surface area contributed by atoms with Crippen molar-refractivity contribution in [2.24, 2.45) is 0 Å². The molecule has 0 spiro atoms. The van der Waals surface area contributed by atoms with Gasteiger partial charge < -0.3 is 20.7 Å². The van der Waals surface area contributed by atoms with Gasteiger partial charge in [0.15, 0.2) is 0 Å². The van der Waals surface area contributed by atoms with Gasteiger partial charge in [0, 0.05) is 29.2 Å². The van der Waals surface area contributed by atoms with Crippen LogP contribution in [0.4, 0.5) is 26.1 Å². The number of halogens is 2. The van der Waals surface area contributed by atoms with Crippen LogP contribution in [0.5, 0.6) is 5.75 Å². The van der Waals surface area contributed by atoms with E-state index in [-0.39, 0.29) is 11.7 Å². The van der Waals surface area contributed by atoms with Gasteiger partial charge in [-0.05, 0) is 99.1 Å². The number of carbonyl (C=O) groups is 1. The van der Waals surface area contributed by atoms with E-state index in [0.29, 0.717) is 34.2 Å². The van der Waals surface area contributed by atoms with E-state index < -0.39 is 23.2 Å². The number of nitrogens with one attached hydrogen (secondary N) is 3. The molecule has 7 rings (SSSR count). The standard InChI is InChI=1S/C36H31F2N7O2/c1-22-20-26(47-25-13-16-39-17-14-25)11-12-29(22)41-36-40-18-15-30(42-36)34-32(43-31-10-2-3-19-45(31)34)23-6-4-7-24(21-23)35(46)44-33-27(37)8-5-9-28(33)38/h2-12,15,18-21,25,39H,13-14,16-17H2,1H3,(H,44,46)(H,40,41,42). The Balaban J connectivity index is 1.19. The molecule has 1 aliphatic rings. The Morgan fingerprint density at radius 3 is 2.55 bits per heavy atom. The zero-order valence-electron chi connectivity index (χ0n) is 25.5. The molecule has 4 heterocycles. The first-order chi connectivity index (χ1) is 22.9. The highest BCUT2D eigenvalue weighted by atomic mass is 19.1. The van der Waals surface area contributed by atoms with Crippen LogP contribution in [0.15, 0.2) is 97.3 Å². The van der Waals surface area contributed by atoms with Gasteiger partial charge in [0.1, 0.15) is 34.8 Å². The lowest BCUT2D eigenvalue weighted by Gasteiger charge is -2.24. The highest BCUT2D eigenvalue weighted by Crippen LogP contribution is 2.33. The fourth-order valence-corrected chi connectivity index (χ4v) is 5.68. The summed E-state index contributed by atoms with van der Waals surface area (Å²) >= 11 is 0. The second-order valence-corrected chi connectivity index (χ2v) is 11.3. The van der Waals surface area contributed by atoms with E-state index >= 15 is 0 Å². The molecule has 47 heavy (non-hydrogen) atoms. The van der Waals surface area contributed by atoms with Crippen molar-refractivity contribution in [3.05, 3.63) is 120 Å². The maximum absolute atomic E-state index is 14.2. The van der Waals surface area contributed by atoms with Crippen molar-refractivity contribution in [3.8, 4) is 28.4 Å². The van der Waals surface area contributed by atoms with Gasteiger partial charge in [-0.15, -0.1) is 0 Å². The highest BCUT2D eigenvalue weighted by Gasteiger charge is 2.20. The number of carbonyl (C=O) groups excluding carboxylic acids is 1. The molecule has 1 amide bonds. The van der Waals surface area contributed by atoms with E-state index in [1.54, 1.807) is 30.5 Å². The van der Waals surface area contributed by atoms with Crippen LogP contribution in [0, 0.1) is 18.6 Å². The smallest absolute Gasteiger partial charge is 0.255 e. The molecule has 1 saturated heterocycles. The number of anilines is 3. The molecule has 0 aliphatic carbocycles. The molecule has 236 valence electrons. The van der Waals surface area contributed by atoms with Gasteiger partial charge in [0.2, 0.25) is 5.95 Å². The second-order valence-electron chi connectivity index (χ2n) is 11.3. The van der Waals surface area contributed by atoms with Crippen molar-refractivity contribution in [2.75, 3.05) is 23.7 Å². The van der Waals surface area contributed by atoms with Crippen LogP contribution in [0.3, 0.4) is 0 Å². The van der Waals surface area contributed by atoms with Crippen molar-refractivity contribution in [3.63, 3.8) is 0 Å². The molecule has 3 aromatic heterocycles. The summed E-state index contributed by atoms with van der Waals surface area (Å²) in [5.41, 5.74) is 4.71. The first-order valence-electron chi connectivity index (χ1n) is 15.3. The number of hydrogen-bond acceptors (Lipinski definition) is 7. The van der Waals surface area contributed by atoms with E-state index in [1.165, 1.54) is 6.07 Å². The average molecular weight is 632 g/mol. The van der Waals surface area contributed by atoms with E-state index in [4.69, 9.17) is 14.7 Å². The number of aryl methyl sites for hydroxylation is 1. The van der Waals surface area contributed by atoms with Crippen LogP contribution < -0.4 is 20.7 Å². The third kappa shape index (κ3) is 6.38. The molecule has 6 aromatic rings. The van der Waals surface area contributed by atoms with Gasteiger partial charge in [0.25, 0.3) is 5.91 Å². The number of hydrogen-bond donors (Lipinski definition) is 3. The molecule has 9 nitrogen and oxygen atoms in total. The summed E-state index contributed by atoms with van der Waals surface area (Å²) in [5.74, 6) is -1.14. The lowest BCUT2D eigenvalue weighted by Crippen LogP contribution is -2.34. The summed E-state index contributed by atoms with van der Waals surface area (Å²) in [5, 5.41) is 9.04. The summed E-state index contributed by atoms with van der Waals surface area (Å²) in [6, 6.07) is 23.5. The number of imidazole rings is 1. The predicted molar refractivity (Wildman–Crippen MR) is 177 cm³/mol. The predicted octanol–water partition coefficient (Wildman–Crippen LogP) is 7.17. The number of fused-ring (bicyclic) bond motifs is 1. The Morgan fingerprint density at radius 2 is 1.74 bits per heavy atom. The Kier molecular flexibility index (Phi) is 8.28. The third-order valence-corrected chi connectivity index (χ3v) is 8.06. The molecule has 0 bridgehead atoms. The first kappa shape index (κ1) is 30.0. The maximum Gasteiger partial charge on any atom is 0.255 e. The number of pyridine rings is 1. The third-order valence-electron chi connectivity index (χ3n) is 8.06. The number of nitrogens with zero attached hydrogens (tertiary/aromatic N) is 4. The summed E-state index contributed by atoms with van der Waals surface area (Å²) in [6.45, 7) is 3.93. The quantitative estimate of drug-likeness (QED) is 0.164. The van der Waals surface area contributed by atoms with Gasteiger partial charge in [-0.3, -0.25) is 9.20 Å². The Hall–Kier alpha value is -5.68. The lowest BCUT2D eigenvalue weighted by atomic mass is 10.0. The number of amides is 1. The van der Waals surface area contributed by atoms with Crippen LogP contribution in [-0.2, 0) is 0 Å². The number of rotatable bonds is 8. The Labute approximate surface area is 269 Å². The van der Waals surface area contributed by atoms with Crippen LogP contribution >= 0.6 is 0 Å². The number of ether oxygens (including phenoxy) is 1. The van der Waals surface area contributed by atoms with Crippen molar-refractivity contribution >= 4 is 28.9 Å². The molecule has 0 unspecified atom stereocenters. The molecular weight excluding hydrogens is 600 g/mol. The van der Waals surface area contributed by atoms with Crippen LogP contribution in [-0.4, -0.2) is 44.5 Å². The number of piperidine rings is 1. The number of para-hydroxylation sites is 1. The molecule has 0 atom stereocenters. The van der Waals surface area contributed by atoms with Gasteiger partial charge in [-0.25, -0.2) is 23.7 Å². The minimum atomic E-state index is -0.859. The average Bonchev–Trinajstić information content (AvgIpc) is 3.48. The largest absolute Gasteiger partial charge is 0.490 e. The summed E-state index contributed by atoms with van der Waals surface area (Å²) in [4.78, 5) is 27.3. The first-order valence-corrected chi connectivity index (χ1v) is 15.3. The maximum atomic E-state index is 14.2. The lowest BCUT2D eigenvalue weighted by molar-refractivity contribution is 0.102. The number of aromatic nitrogens is 4. The fourth-order valence-electron chi connectivity index (χ4n) is 5.68. The molecule has 3 N–H and O–H groups in total. The molecule has 1 fully saturated rings. The molecule has 0 saturated carbocycles. The SMILES string of the molecule is Cc1cc(OC2CCNCC2)ccc1Nc1nccc(-c2c(-c3cccc(C(=O)Nc4c(F)cccc4F)c3)nc3ccccn23)n1. The Bertz CT molecular complexity index is 2070. The number of benzene rings is 3. The summed E-state index contributed by atoms with van der Waals surface area (Å²) in [6.07, 6.45) is 5.73.